The summed E-state index contributed by atoms with van der Waals surface area (Å²) in [6.07, 6.45) is 0. The third-order valence-electron chi connectivity index (χ3n) is 4.14. The number of hydrogen-bond donors (Lipinski definition) is 2. The van der Waals surface area contributed by atoms with Crippen LogP contribution in [0.1, 0.15) is 18.1 Å². The smallest absolute Gasteiger partial charge is 0.203 e. The maximum atomic E-state index is 5.70. The Morgan fingerprint density at radius 2 is 1.57 bits per heavy atom. The third-order valence-corrected chi connectivity index (χ3v) is 4.14. The Labute approximate surface area is 196 Å². The second-order valence-corrected chi connectivity index (χ2v) is 6.19. The van der Waals surface area contributed by atoms with Crippen LogP contribution in [0.3, 0.4) is 0 Å². The van der Waals surface area contributed by atoms with Gasteiger partial charge < -0.3 is 29.6 Å². The summed E-state index contributed by atoms with van der Waals surface area (Å²) in [6, 6.07) is 13.9. The number of hydrogen-bond acceptors (Lipinski definition) is 5. The van der Waals surface area contributed by atoms with E-state index in [-0.39, 0.29) is 24.0 Å². The van der Waals surface area contributed by atoms with Gasteiger partial charge in [-0.05, 0) is 30.2 Å². The summed E-state index contributed by atoms with van der Waals surface area (Å²) in [5.41, 5.74) is 2.12. The summed E-state index contributed by atoms with van der Waals surface area (Å²) in [5, 5.41) is 6.52. The summed E-state index contributed by atoms with van der Waals surface area (Å²) in [5.74, 6) is 2.53. The van der Waals surface area contributed by atoms with Gasteiger partial charge >= 0.3 is 0 Å². The largest absolute Gasteiger partial charge is 0.493 e. The fraction of sp³-hybridized carbons (Fsp3) is 0.409. The number of rotatable bonds is 11. The van der Waals surface area contributed by atoms with Crippen LogP contribution in [0, 0.1) is 0 Å². The Balaban J connectivity index is 0.00000450. The molecular weight excluding hydrogens is 497 g/mol. The second-order valence-electron chi connectivity index (χ2n) is 6.19. The molecule has 0 fully saturated rings. The van der Waals surface area contributed by atoms with E-state index in [1.54, 1.807) is 21.3 Å². The lowest BCUT2D eigenvalue weighted by Crippen LogP contribution is -2.38. The molecule has 2 rings (SSSR count). The van der Waals surface area contributed by atoms with Crippen molar-refractivity contribution in [3.8, 4) is 17.2 Å². The van der Waals surface area contributed by atoms with Gasteiger partial charge in [-0.15, -0.1) is 24.0 Å². The van der Waals surface area contributed by atoms with Crippen molar-refractivity contribution in [1.29, 1.82) is 0 Å². The summed E-state index contributed by atoms with van der Waals surface area (Å²) in [6.45, 7) is 5.12. The van der Waals surface area contributed by atoms with Crippen LogP contribution < -0.4 is 24.8 Å². The van der Waals surface area contributed by atoms with Crippen LogP contribution in [0.4, 0.5) is 0 Å². The molecule has 166 valence electrons. The van der Waals surface area contributed by atoms with E-state index >= 15 is 0 Å². The van der Waals surface area contributed by atoms with Crippen molar-refractivity contribution in [2.75, 3.05) is 41.0 Å². The first-order chi connectivity index (χ1) is 14.2. The molecule has 0 saturated heterocycles. The molecule has 0 unspecified atom stereocenters. The molecule has 0 aliphatic heterocycles. The molecule has 0 heterocycles. The molecule has 2 aromatic rings. The van der Waals surface area contributed by atoms with E-state index in [0.29, 0.717) is 43.6 Å². The minimum atomic E-state index is 0. The van der Waals surface area contributed by atoms with Gasteiger partial charge in [0.25, 0.3) is 0 Å². The first kappa shape index (κ1) is 25.8. The number of nitrogens with zero attached hydrogens (tertiary/aromatic N) is 1. The van der Waals surface area contributed by atoms with Crippen LogP contribution in [-0.2, 0) is 17.9 Å². The van der Waals surface area contributed by atoms with E-state index in [1.807, 2.05) is 37.3 Å². The van der Waals surface area contributed by atoms with Crippen molar-refractivity contribution in [2.24, 2.45) is 4.99 Å². The van der Waals surface area contributed by atoms with Crippen molar-refractivity contribution in [3.05, 3.63) is 53.6 Å². The molecule has 0 spiro atoms. The van der Waals surface area contributed by atoms with Gasteiger partial charge in [0.05, 0.1) is 41.1 Å². The topological polar surface area (TPSA) is 73.3 Å². The van der Waals surface area contributed by atoms with Gasteiger partial charge in [-0.25, -0.2) is 4.99 Å². The Hall–Kier alpha value is -2.20. The van der Waals surface area contributed by atoms with Gasteiger partial charge in [0.1, 0.15) is 0 Å². The maximum absolute atomic E-state index is 5.70. The van der Waals surface area contributed by atoms with E-state index < -0.39 is 0 Å². The van der Waals surface area contributed by atoms with Crippen molar-refractivity contribution >= 4 is 29.9 Å². The maximum Gasteiger partial charge on any atom is 0.203 e. The molecule has 30 heavy (non-hydrogen) atoms. The third kappa shape index (κ3) is 8.27. The standard InChI is InChI=1S/C22H31N3O4.HI/c1-5-23-22(24-11-12-29-16-17-9-7-6-8-10-17)25-15-18-13-19(26-2)21(28-4)20(14-18)27-3;/h6-10,13-14H,5,11-12,15-16H2,1-4H3,(H2,23,24,25);1H. The fourth-order valence-corrected chi connectivity index (χ4v) is 2.74. The number of benzene rings is 2. The number of aliphatic imine (C=N–C) groups is 1. The van der Waals surface area contributed by atoms with E-state index in [9.17, 15) is 0 Å². The molecule has 7 nitrogen and oxygen atoms in total. The Morgan fingerprint density at radius 1 is 0.900 bits per heavy atom. The lowest BCUT2D eigenvalue weighted by atomic mass is 10.2. The fourth-order valence-electron chi connectivity index (χ4n) is 2.74. The molecule has 0 amide bonds. The zero-order valence-corrected chi connectivity index (χ0v) is 20.4. The quantitative estimate of drug-likeness (QED) is 0.201. The van der Waals surface area contributed by atoms with Crippen LogP contribution >= 0.6 is 24.0 Å². The molecule has 2 N–H and O–H groups in total. The predicted molar refractivity (Wildman–Crippen MR) is 130 cm³/mol. The Morgan fingerprint density at radius 3 is 2.13 bits per heavy atom. The van der Waals surface area contributed by atoms with E-state index in [0.717, 1.165) is 23.6 Å². The van der Waals surface area contributed by atoms with Crippen LogP contribution in [0.2, 0.25) is 0 Å². The first-order valence-electron chi connectivity index (χ1n) is 9.64. The molecule has 0 radical (unpaired) electrons. The van der Waals surface area contributed by atoms with Gasteiger partial charge in [-0.1, -0.05) is 30.3 Å². The SMILES string of the molecule is CCNC(=NCc1cc(OC)c(OC)c(OC)c1)NCCOCc1ccccc1.I. The summed E-state index contributed by atoms with van der Waals surface area (Å²) in [7, 11) is 4.79. The van der Waals surface area contributed by atoms with E-state index in [1.165, 1.54) is 0 Å². The van der Waals surface area contributed by atoms with E-state index in [4.69, 9.17) is 18.9 Å². The highest BCUT2D eigenvalue weighted by Crippen LogP contribution is 2.38. The van der Waals surface area contributed by atoms with Gasteiger partial charge in [0.2, 0.25) is 5.75 Å². The molecule has 0 bridgehead atoms. The van der Waals surface area contributed by atoms with Gasteiger partial charge in [-0.2, -0.15) is 0 Å². The molecular formula is C22H32IN3O4. The number of methoxy groups -OCH3 is 3. The van der Waals surface area contributed by atoms with Gasteiger partial charge in [0, 0.05) is 13.1 Å². The Bertz CT molecular complexity index is 747. The molecule has 0 saturated carbocycles. The van der Waals surface area contributed by atoms with Crippen LogP contribution in [0.5, 0.6) is 17.2 Å². The zero-order valence-electron chi connectivity index (χ0n) is 18.1. The number of guanidine groups is 1. The van der Waals surface area contributed by atoms with Gasteiger partial charge in [-0.3, -0.25) is 0 Å². The number of nitrogens with one attached hydrogen (secondary N) is 2. The highest BCUT2D eigenvalue weighted by atomic mass is 127. The summed E-state index contributed by atoms with van der Waals surface area (Å²) in [4.78, 5) is 4.63. The molecule has 0 aliphatic rings. The molecule has 8 heteroatoms. The van der Waals surface area contributed by atoms with Crippen LogP contribution in [-0.4, -0.2) is 47.0 Å². The van der Waals surface area contributed by atoms with Crippen LogP contribution in [0.25, 0.3) is 0 Å². The first-order valence-corrected chi connectivity index (χ1v) is 9.64. The summed E-state index contributed by atoms with van der Waals surface area (Å²) >= 11 is 0. The second kappa shape index (κ2) is 14.7. The highest BCUT2D eigenvalue weighted by molar-refractivity contribution is 14.0. The lowest BCUT2D eigenvalue weighted by molar-refractivity contribution is 0.125. The molecule has 0 aromatic heterocycles. The summed E-state index contributed by atoms with van der Waals surface area (Å²) < 4.78 is 21.9. The van der Waals surface area contributed by atoms with Crippen molar-refractivity contribution < 1.29 is 18.9 Å². The minimum absolute atomic E-state index is 0. The lowest BCUT2D eigenvalue weighted by Gasteiger charge is -2.14. The minimum Gasteiger partial charge on any atom is -0.493 e. The normalized spacial score (nSPS) is 10.7. The molecule has 0 aliphatic carbocycles. The van der Waals surface area contributed by atoms with Crippen molar-refractivity contribution in [2.45, 2.75) is 20.1 Å². The predicted octanol–water partition coefficient (Wildman–Crippen LogP) is 3.60. The number of ether oxygens (including phenoxy) is 4. The average molecular weight is 529 g/mol. The molecule has 0 atom stereocenters. The highest BCUT2D eigenvalue weighted by Gasteiger charge is 2.13. The van der Waals surface area contributed by atoms with E-state index in [2.05, 4.69) is 27.8 Å². The number of halogens is 1. The van der Waals surface area contributed by atoms with Crippen molar-refractivity contribution in [1.82, 2.24) is 10.6 Å². The monoisotopic (exact) mass is 529 g/mol. The molecule has 2 aromatic carbocycles. The van der Waals surface area contributed by atoms with Crippen LogP contribution in [0.15, 0.2) is 47.5 Å². The van der Waals surface area contributed by atoms with Gasteiger partial charge in [0.15, 0.2) is 17.5 Å². The zero-order chi connectivity index (χ0) is 20.9. The Kier molecular flexibility index (Phi) is 12.7. The average Bonchev–Trinajstić information content (AvgIpc) is 2.76. The van der Waals surface area contributed by atoms with Crippen molar-refractivity contribution in [3.63, 3.8) is 0 Å².